The van der Waals surface area contributed by atoms with Gasteiger partial charge in [-0.3, -0.25) is 0 Å². The predicted molar refractivity (Wildman–Crippen MR) is 200 cm³/mol. The SMILES string of the molecule is c1ccc(-c2ccc(-c3ccc4oc5c(-c6nc(-c7ccccc7)nc(-c7ccc(-c8ccccc8)cc7)n6)cccc5c4c3)cc2)cc1. The van der Waals surface area contributed by atoms with Crippen LogP contribution in [-0.2, 0) is 0 Å². The lowest BCUT2D eigenvalue weighted by Gasteiger charge is -2.09. The van der Waals surface area contributed by atoms with E-state index in [1.54, 1.807) is 0 Å². The van der Waals surface area contributed by atoms with E-state index in [2.05, 4.69) is 121 Å². The predicted octanol–water partition coefficient (Wildman–Crippen LogP) is 11.8. The van der Waals surface area contributed by atoms with Gasteiger partial charge in [-0.1, -0.05) is 158 Å². The van der Waals surface area contributed by atoms with Crippen molar-refractivity contribution in [2.75, 3.05) is 0 Å². The average Bonchev–Trinajstić information content (AvgIpc) is 3.57. The Morgan fingerprint density at radius 1 is 0.306 bits per heavy atom. The maximum Gasteiger partial charge on any atom is 0.167 e. The van der Waals surface area contributed by atoms with Crippen LogP contribution in [-0.4, -0.2) is 15.0 Å². The number of benzene rings is 7. The molecule has 0 radical (unpaired) electrons. The van der Waals surface area contributed by atoms with Crippen molar-refractivity contribution in [3.63, 3.8) is 0 Å². The molecule has 9 rings (SSSR count). The molecule has 49 heavy (non-hydrogen) atoms. The quantitative estimate of drug-likeness (QED) is 0.184. The average molecular weight is 628 g/mol. The van der Waals surface area contributed by atoms with E-state index >= 15 is 0 Å². The van der Waals surface area contributed by atoms with E-state index in [4.69, 9.17) is 19.4 Å². The molecule has 0 amide bonds. The zero-order valence-electron chi connectivity index (χ0n) is 26.5. The van der Waals surface area contributed by atoms with Crippen LogP contribution >= 0.6 is 0 Å². The standard InChI is InChI=1S/C45H29N3O/c1-4-11-30(12-5-1)32-19-21-34(22-20-32)37-27-28-41-40(29-37)38-17-10-18-39(42(38)49-41)45-47-43(35-15-8-3-9-16-35)46-44(48-45)36-25-23-33(24-26-36)31-13-6-2-7-14-31/h1-29H. The Kier molecular flexibility index (Phi) is 7.10. The molecule has 7 aromatic carbocycles. The smallest absolute Gasteiger partial charge is 0.167 e. The first-order chi connectivity index (χ1) is 24.3. The van der Waals surface area contributed by atoms with E-state index in [1.165, 1.54) is 16.7 Å². The minimum Gasteiger partial charge on any atom is -0.455 e. The van der Waals surface area contributed by atoms with Crippen molar-refractivity contribution >= 4 is 21.9 Å². The summed E-state index contributed by atoms with van der Waals surface area (Å²) >= 11 is 0. The van der Waals surface area contributed by atoms with Crippen molar-refractivity contribution in [2.45, 2.75) is 0 Å². The molecule has 0 bridgehead atoms. The Balaban J connectivity index is 1.14. The fraction of sp³-hybridized carbons (Fsp3) is 0. The number of aromatic nitrogens is 3. The molecular weight excluding hydrogens is 599 g/mol. The molecule has 0 spiro atoms. The molecule has 0 saturated heterocycles. The van der Waals surface area contributed by atoms with Crippen molar-refractivity contribution in [1.29, 1.82) is 0 Å². The maximum atomic E-state index is 6.56. The number of nitrogens with zero attached hydrogens (tertiary/aromatic N) is 3. The largest absolute Gasteiger partial charge is 0.455 e. The Hall–Kier alpha value is -6.65. The van der Waals surface area contributed by atoms with Crippen LogP contribution in [0.4, 0.5) is 0 Å². The maximum absolute atomic E-state index is 6.56. The van der Waals surface area contributed by atoms with Crippen molar-refractivity contribution < 1.29 is 4.42 Å². The molecule has 230 valence electrons. The summed E-state index contributed by atoms with van der Waals surface area (Å²) in [6, 6.07) is 60.5. The van der Waals surface area contributed by atoms with Gasteiger partial charge in [0.15, 0.2) is 17.5 Å². The lowest BCUT2D eigenvalue weighted by Crippen LogP contribution is -2.00. The number of para-hydroxylation sites is 1. The summed E-state index contributed by atoms with van der Waals surface area (Å²) in [7, 11) is 0. The number of rotatable bonds is 6. The summed E-state index contributed by atoms with van der Waals surface area (Å²) in [5.74, 6) is 1.79. The van der Waals surface area contributed by atoms with Crippen LogP contribution in [0.3, 0.4) is 0 Å². The molecule has 0 unspecified atom stereocenters. The highest BCUT2D eigenvalue weighted by Gasteiger charge is 2.18. The highest BCUT2D eigenvalue weighted by molar-refractivity contribution is 6.10. The van der Waals surface area contributed by atoms with Gasteiger partial charge in [-0.05, 0) is 51.6 Å². The fourth-order valence-electron chi connectivity index (χ4n) is 6.42. The summed E-state index contributed by atoms with van der Waals surface area (Å²) in [5.41, 5.74) is 11.2. The highest BCUT2D eigenvalue weighted by Crippen LogP contribution is 2.38. The van der Waals surface area contributed by atoms with Crippen molar-refractivity contribution in [2.24, 2.45) is 0 Å². The summed E-state index contributed by atoms with van der Waals surface area (Å²) in [5, 5.41) is 2.07. The second kappa shape index (κ2) is 12.2. The minimum atomic E-state index is 0.567. The second-order valence-electron chi connectivity index (χ2n) is 12.1. The Labute approximate surface area is 284 Å². The molecule has 0 aliphatic carbocycles. The Bertz CT molecular complexity index is 2560. The normalized spacial score (nSPS) is 11.3. The van der Waals surface area contributed by atoms with Gasteiger partial charge in [0, 0.05) is 21.9 Å². The molecule has 0 saturated carbocycles. The molecule has 0 N–H and O–H groups in total. The lowest BCUT2D eigenvalue weighted by atomic mass is 9.99. The monoisotopic (exact) mass is 627 g/mol. The third-order valence-corrected chi connectivity index (χ3v) is 8.98. The zero-order valence-corrected chi connectivity index (χ0v) is 26.5. The first-order valence-corrected chi connectivity index (χ1v) is 16.4. The number of hydrogen-bond acceptors (Lipinski definition) is 4. The summed E-state index contributed by atoms with van der Waals surface area (Å²) in [6.07, 6.45) is 0. The fourth-order valence-corrected chi connectivity index (χ4v) is 6.42. The molecule has 0 aliphatic heterocycles. The summed E-state index contributed by atoms with van der Waals surface area (Å²) in [4.78, 5) is 15.0. The molecule has 2 heterocycles. The minimum absolute atomic E-state index is 0.567. The van der Waals surface area contributed by atoms with Crippen LogP contribution in [0, 0.1) is 0 Å². The molecule has 4 heteroatoms. The van der Waals surface area contributed by atoms with Crippen LogP contribution in [0.15, 0.2) is 180 Å². The highest BCUT2D eigenvalue weighted by atomic mass is 16.3. The number of hydrogen-bond donors (Lipinski definition) is 0. The molecule has 0 fully saturated rings. The van der Waals surface area contributed by atoms with Crippen LogP contribution in [0.2, 0.25) is 0 Å². The Morgan fingerprint density at radius 2 is 0.735 bits per heavy atom. The van der Waals surface area contributed by atoms with E-state index in [-0.39, 0.29) is 0 Å². The van der Waals surface area contributed by atoms with Gasteiger partial charge in [0.25, 0.3) is 0 Å². The number of furan rings is 1. The van der Waals surface area contributed by atoms with Crippen molar-refractivity contribution in [1.82, 2.24) is 15.0 Å². The lowest BCUT2D eigenvalue weighted by molar-refractivity contribution is 0.669. The third kappa shape index (κ3) is 5.45. The summed E-state index contributed by atoms with van der Waals surface area (Å²) < 4.78 is 6.56. The van der Waals surface area contributed by atoms with Gasteiger partial charge < -0.3 is 4.42 Å². The van der Waals surface area contributed by atoms with Gasteiger partial charge >= 0.3 is 0 Å². The van der Waals surface area contributed by atoms with Gasteiger partial charge in [-0.25, -0.2) is 15.0 Å². The molecule has 9 aromatic rings. The van der Waals surface area contributed by atoms with Gasteiger partial charge in [0.05, 0.1) is 5.56 Å². The van der Waals surface area contributed by atoms with Crippen molar-refractivity contribution in [3.05, 3.63) is 176 Å². The summed E-state index contributed by atoms with van der Waals surface area (Å²) in [6.45, 7) is 0. The van der Waals surface area contributed by atoms with Gasteiger partial charge in [0.2, 0.25) is 0 Å². The van der Waals surface area contributed by atoms with E-state index in [9.17, 15) is 0 Å². The molecule has 0 aliphatic rings. The topological polar surface area (TPSA) is 51.8 Å². The van der Waals surface area contributed by atoms with E-state index < -0.39 is 0 Å². The Morgan fingerprint density at radius 3 is 1.31 bits per heavy atom. The first kappa shape index (κ1) is 28.6. The zero-order chi connectivity index (χ0) is 32.6. The second-order valence-corrected chi connectivity index (χ2v) is 12.1. The van der Waals surface area contributed by atoms with Gasteiger partial charge in [0.1, 0.15) is 11.2 Å². The van der Waals surface area contributed by atoms with Gasteiger partial charge in [-0.15, -0.1) is 0 Å². The third-order valence-electron chi connectivity index (χ3n) is 8.98. The molecular formula is C45H29N3O. The van der Waals surface area contributed by atoms with Crippen molar-refractivity contribution in [3.8, 4) is 67.5 Å². The molecule has 2 aromatic heterocycles. The first-order valence-electron chi connectivity index (χ1n) is 16.4. The molecule has 4 nitrogen and oxygen atoms in total. The van der Waals surface area contributed by atoms with E-state index in [0.29, 0.717) is 17.5 Å². The van der Waals surface area contributed by atoms with E-state index in [1.807, 2.05) is 54.6 Å². The number of fused-ring (bicyclic) bond motifs is 3. The van der Waals surface area contributed by atoms with Gasteiger partial charge in [-0.2, -0.15) is 0 Å². The molecule has 0 atom stereocenters. The van der Waals surface area contributed by atoms with Crippen LogP contribution in [0.25, 0.3) is 89.5 Å². The van der Waals surface area contributed by atoms with E-state index in [0.717, 1.165) is 55.3 Å². The van der Waals surface area contributed by atoms with Crippen LogP contribution < -0.4 is 0 Å². The van der Waals surface area contributed by atoms with Crippen LogP contribution in [0.1, 0.15) is 0 Å². The van der Waals surface area contributed by atoms with Crippen LogP contribution in [0.5, 0.6) is 0 Å².